The monoisotopic (exact) mass is 262 g/mol. The van der Waals surface area contributed by atoms with E-state index in [9.17, 15) is 4.79 Å². The summed E-state index contributed by atoms with van der Waals surface area (Å²) in [5.41, 5.74) is 2.39. The summed E-state index contributed by atoms with van der Waals surface area (Å²) in [4.78, 5) is 13.9. The molecule has 1 rings (SSSR count). The van der Waals surface area contributed by atoms with Gasteiger partial charge in [0.1, 0.15) is 0 Å². The molecule has 0 saturated heterocycles. The minimum atomic E-state index is 0.129. The number of nitrogens with one attached hydrogen (secondary N) is 1. The van der Waals surface area contributed by atoms with Crippen molar-refractivity contribution in [1.29, 1.82) is 0 Å². The largest absolute Gasteiger partial charge is 0.352 e. The Labute approximate surface area is 117 Å². The molecule has 106 valence electrons. The van der Waals surface area contributed by atoms with Crippen molar-refractivity contribution in [3.63, 3.8) is 0 Å². The van der Waals surface area contributed by atoms with Crippen molar-refractivity contribution < 1.29 is 4.79 Å². The summed E-state index contributed by atoms with van der Waals surface area (Å²) < 4.78 is 0. The van der Waals surface area contributed by atoms with Gasteiger partial charge < -0.3 is 10.2 Å². The molecule has 1 aromatic carbocycles. The molecule has 0 saturated carbocycles. The average Bonchev–Trinajstić information content (AvgIpc) is 2.42. The van der Waals surface area contributed by atoms with Crippen LogP contribution in [0, 0.1) is 6.92 Å². The fourth-order valence-electron chi connectivity index (χ4n) is 1.83. The molecule has 0 spiro atoms. The van der Waals surface area contributed by atoms with Crippen molar-refractivity contribution in [2.75, 3.05) is 20.1 Å². The SMILES string of the molecule is CCCCN(C)CCC(=O)NCc1ccc(C)cc1. The highest BCUT2D eigenvalue weighted by Crippen LogP contribution is 2.02. The first-order valence-corrected chi connectivity index (χ1v) is 7.12. The summed E-state index contributed by atoms with van der Waals surface area (Å²) in [6, 6.07) is 8.26. The minimum absolute atomic E-state index is 0.129. The van der Waals surface area contributed by atoms with Crippen molar-refractivity contribution in [3.8, 4) is 0 Å². The predicted octanol–water partition coefficient (Wildman–Crippen LogP) is 2.73. The molecule has 3 heteroatoms. The molecule has 3 nitrogen and oxygen atoms in total. The number of rotatable bonds is 8. The normalized spacial score (nSPS) is 10.7. The fraction of sp³-hybridized carbons (Fsp3) is 0.562. The maximum Gasteiger partial charge on any atom is 0.221 e. The summed E-state index contributed by atoms with van der Waals surface area (Å²) in [6.45, 7) is 6.77. The van der Waals surface area contributed by atoms with Gasteiger partial charge in [-0.25, -0.2) is 0 Å². The van der Waals surface area contributed by atoms with Crippen LogP contribution in [0.3, 0.4) is 0 Å². The molecule has 0 aromatic heterocycles. The van der Waals surface area contributed by atoms with Gasteiger partial charge in [-0.3, -0.25) is 4.79 Å². The van der Waals surface area contributed by atoms with Crippen LogP contribution >= 0.6 is 0 Å². The quantitative estimate of drug-likeness (QED) is 0.781. The molecular weight excluding hydrogens is 236 g/mol. The van der Waals surface area contributed by atoms with Gasteiger partial charge in [0.15, 0.2) is 0 Å². The second-order valence-electron chi connectivity index (χ2n) is 5.17. The van der Waals surface area contributed by atoms with E-state index < -0.39 is 0 Å². The number of carbonyl (C=O) groups excluding carboxylic acids is 1. The average molecular weight is 262 g/mol. The van der Waals surface area contributed by atoms with Gasteiger partial charge in [0.2, 0.25) is 5.91 Å². The first-order chi connectivity index (χ1) is 9.11. The lowest BCUT2D eigenvalue weighted by Crippen LogP contribution is -2.29. The van der Waals surface area contributed by atoms with E-state index in [2.05, 4.69) is 55.4 Å². The smallest absolute Gasteiger partial charge is 0.221 e. The summed E-state index contributed by atoms with van der Waals surface area (Å²) >= 11 is 0. The molecule has 1 N–H and O–H groups in total. The lowest BCUT2D eigenvalue weighted by atomic mass is 10.1. The Morgan fingerprint density at radius 1 is 1.21 bits per heavy atom. The molecule has 1 aromatic rings. The van der Waals surface area contributed by atoms with Gasteiger partial charge in [-0.05, 0) is 32.5 Å². The highest BCUT2D eigenvalue weighted by Gasteiger charge is 2.04. The second kappa shape index (κ2) is 8.70. The zero-order chi connectivity index (χ0) is 14.1. The molecule has 0 unspecified atom stereocenters. The molecule has 0 fully saturated rings. The summed E-state index contributed by atoms with van der Waals surface area (Å²) in [5.74, 6) is 0.129. The van der Waals surface area contributed by atoms with Crippen molar-refractivity contribution in [2.45, 2.75) is 39.7 Å². The number of benzene rings is 1. The lowest BCUT2D eigenvalue weighted by Gasteiger charge is -2.15. The standard InChI is InChI=1S/C16H26N2O/c1-4-5-11-18(3)12-10-16(19)17-13-15-8-6-14(2)7-9-15/h6-9H,4-5,10-13H2,1-3H3,(H,17,19). The molecule has 0 aliphatic carbocycles. The maximum absolute atomic E-state index is 11.7. The number of nitrogens with zero attached hydrogens (tertiary/aromatic N) is 1. The van der Waals surface area contributed by atoms with Crippen LogP contribution in [0.15, 0.2) is 24.3 Å². The molecular formula is C16H26N2O. The molecule has 0 aliphatic rings. The Bertz CT molecular complexity index is 373. The Morgan fingerprint density at radius 3 is 2.53 bits per heavy atom. The molecule has 0 heterocycles. The van der Waals surface area contributed by atoms with Crippen molar-refractivity contribution >= 4 is 5.91 Å². The van der Waals surface area contributed by atoms with Gasteiger partial charge in [-0.1, -0.05) is 43.2 Å². The van der Waals surface area contributed by atoms with Gasteiger partial charge in [0.25, 0.3) is 0 Å². The molecule has 0 radical (unpaired) electrons. The Kier molecular flexibility index (Phi) is 7.19. The van der Waals surface area contributed by atoms with E-state index in [4.69, 9.17) is 0 Å². The Morgan fingerprint density at radius 2 is 1.89 bits per heavy atom. The van der Waals surface area contributed by atoms with Crippen LogP contribution in [0.25, 0.3) is 0 Å². The predicted molar refractivity (Wildman–Crippen MR) is 80.0 cm³/mol. The number of unbranched alkanes of at least 4 members (excludes halogenated alkanes) is 1. The van der Waals surface area contributed by atoms with Crippen LogP contribution in [-0.2, 0) is 11.3 Å². The second-order valence-corrected chi connectivity index (χ2v) is 5.17. The molecule has 19 heavy (non-hydrogen) atoms. The van der Waals surface area contributed by atoms with Crippen molar-refractivity contribution in [3.05, 3.63) is 35.4 Å². The van der Waals surface area contributed by atoms with Crippen LogP contribution in [0.1, 0.15) is 37.3 Å². The third-order valence-electron chi connectivity index (χ3n) is 3.22. The van der Waals surface area contributed by atoms with Gasteiger partial charge in [0.05, 0.1) is 0 Å². The Hall–Kier alpha value is -1.35. The topological polar surface area (TPSA) is 32.3 Å². The molecule has 0 aliphatic heterocycles. The highest BCUT2D eigenvalue weighted by atomic mass is 16.1. The molecule has 0 bridgehead atoms. The zero-order valence-corrected chi connectivity index (χ0v) is 12.4. The van der Waals surface area contributed by atoms with Gasteiger partial charge >= 0.3 is 0 Å². The molecule has 0 atom stereocenters. The minimum Gasteiger partial charge on any atom is -0.352 e. The van der Waals surface area contributed by atoms with E-state index in [0.29, 0.717) is 13.0 Å². The summed E-state index contributed by atoms with van der Waals surface area (Å²) in [5, 5.41) is 2.96. The Balaban J connectivity index is 2.19. The third-order valence-corrected chi connectivity index (χ3v) is 3.22. The third kappa shape index (κ3) is 6.97. The van der Waals surface area contributed by atoms with E-state index in [-0.39, 0.29) is 5.91 Å². The number of hydrogen-bond donors (Lipinski definition) is 1. The van der Waals surface area contributed by atoms with E-state index in [1.165, 1.54) is 18.4 Å². The number of hydrogen-bond acceptors (Lipinski definition) is 2. The van der Waals surface area contributed by atoms with Crippen molar-refractivity contribution in [2.24, 2.45) is 0 Å². The fourth-order valence-corrected chi connectivity index (χ4v) is 1.83. The lowest BCUT2D eigenvalue weighted by molar-refractivity contribution is -0.121. The van der Waals surface area contributed by atoms with Crippen LogP contribution in [-0.4, -0.2) is 30.9 Å². The van der Waals surface area contributed by atoms with E-state index in [1.807, 2.05) is 0 Å². The summed E-state index contributed by atoms with van der Waals surface area (Å²) in [7, 11) is 2.07. The van der Waals surface area contributed by atoms with Gasteiger partial charge in [-0.2, -0.15) is 0 Å². The van der Waals surface area contributed by atoms with Crippen molar-refractivity contribution in [1.82, 2.24) is 10.2 Å². The number of amides is 1. The first kappa shape index (κ1) is 15.7. The van der Waals surface area contributed by atoms with Gasteiger partial charge in [0, 0.05) is 19.5 Å². The first-order valence-electron chi connectivity index (χ1n) is 7.12. The molecule has 1 amide bonds. The van der Waals surface area contributed by atoms with E-state index in [0.717, 1.165) is 18.7 Å². The maximum atomic E-state index is 11.7. The summed E-state index contributed by atoms with van der Waals surface area (Å²) in [6.07, 6.45) is 2.97. The van der Waals surface area contributed by atoms with E-state index >= 15 is 0 Å². The van der Waals surface area contributed by atoms with Crippen LogP contribution in [0.4, 0.5) is 0 Å². The zero-order valence-electron chi connectivity index (χ0n) is 12.4. The highest BCUT2D eigenvalue weighted by molar-refractivity contribution is 5.76. The van der Waals surface area contributed by atoms with Crippen LogP contribution in [0.5, 0.6) is 0 Å². The van der Waals surface area contributed by atoms with Crippen LogP contribution in [0.2, 0.25) is 0 Å². The van der Waals surface area contributed by atoms with E-state index in [1.54, 1.807) is 0 Å². The number of carbonyl (C=O) groups is 1. The number of aryl methyl sites for hydroxylation is 1. The van der Waals surface area contributed by atoms with Gasteiger partial charge in [-0.15, -0.1) is 0 Å². The van der Waals surface area contributed by atoms with Crippen LogP contribution < -0.4 is 5.32 Å².